The number of benzene rings is 2. The maximum Gasteiger partial charge on any atom is 0.166 e. The van der Waals surface area contributed by atoms with Crippen LogP contribution in [-0.4, -0.2) is 35.7 Å². The number of hydrogen-bond donors (Lipinski definition) is 2. The maximum atomic E-state index is 5.91. The fourth-order valence-electron chi connectivity index (χ4n) is 3.28. The van der Waals surface area contributed by atoms with Crippen LogP contribution in [0.15, 0.2) is 54.6 Å². The lowest BCUT2D eigenvalue weighted by atomic mass is 10.0. The lowest BCUT2D eigenvalue weighted by Gasteiger charge is -2.33. The van der Waals surface area contributed by atoms with E-state index in [0.717, 1.165) is 55.6 Å². The van der Waals surface area contributed by atoms with Crippen molar-refractivity contribution in [1.29, 1.82) is 0 Å². The first-order chi connectivity index (χ1) is 12.7. The molecule has 0 spiro atoms. The smallest absolute Gasteiger partial charge is 0.166 e. The number of piperidine rings is 1. The maximum absolute atomic E-state index is 5.91. The van der Waals surface area contributed by atoms with E-state index in [1.165, 1.54) is 11.1 Å². The van der Waals surface area contributed by atoms with Crippen LogP contribution in [-0.2, 0) is 13.0 Å². The van der Waals surface area contributed by atoms with Gasteiger partial charge in [-0.25, -0.2) is 0 Å². The molecule has 1 aliphatic heterocycles. The third-order valence-corrected chi connectivity index (χ3v) is 5.30. The Bertz CT molecular complexity index is 682. The van der Waals surface area contributed by atoms with Gasteiger partial charge in [0.2, 0.25) is 0 Å². The average Bonchev–Trinajstić information content (AvgIpc) is 2.66. The monoisotopic (exact) mass is 387 g/mol. The quantitative estimate of drug-likeness (QED) is 0.732. The highest BCUT2D eigenvalue weighted by molar-refractivity contribution is 7.80. The first-order valence-corrected chi connectivity index (χ1v) is 10.0. The molecule has 1 fully saturated rings. The van der Waals surface area contributed by atoms with E-state index in [2.05, 4.69) is 58.0 Å². The topological polar surface area (TPSA) is 27.3 Å². The average molecular weight is 388 g/mol. The Morgan fingerprint density at radius 1 is 1.00 bits per heavy atom. The second-order valence-corrected chi connectivity index (χ2v) is 7.66. The molecule has 3 rings (SSSR count). The van der Waals surface area contributed by atoms with Gasteiger partial charge in [0, 0.05) is 37.2 Å². The Labute approximate surface area is 166 Å². The zero-order chi connectivity index (χ0) is 18.2. The van der Waals surface area contributed by atoms with Crippen molar-refractivity contribution in [3.63, 3.8) is 0 Å². The Kier molecular flexibility index (Phi) is 7.30. The number of nitrogens with one attached hydrogen (secondary N) is 2. The summed E-state index contributed by atoms with van der Waals surface area (Å²) in [4.78, 5) is 2.52. The zero-order valence-electron chi connectivity index (χ0n) is 15.0. The standard InChI is InChI=1S/C21H26ClN3S/c22-19-8-6-17(7-9-19)10-13-23-21(26)24-20-11-14-25(15-12-20)16-18-4-2-1-3-5-18/h1-9,20H,10-16H2,(H2,23,24,26). The third kappa shape index (κ3) is 6.27. The summed E-state index contributed by atoms with van der Waals surface area (Å²) in [6, 6.07) is 19.1. The van der Waals surface area contributed by atoms with Crippen LogP contribution in [0.1, 0.15) is 24.0 Å². The van der Waals surface area contributed by atoms with E-state index >= 15 is 0 Å². The van der Waals surface area contributed by atoms with Crippen LogP contribution in [0.4, 0.5) is 0 Å². The van der Waals surface area contributed by atoms with Gasteiger partial charge in [0.1, 0.15) is 0 Å². The molecule has 0 saturated carbocycles. The van der Waals surface area contributed by atoms with Gasteiger partial charge < -0.3 is 10.6 Å². The molecule has 3 nitrogen and oxygen atoms in total. The predicted octanol–water partition coefficient (Wildman–Crippen LogP) is 4.01. The molecule has 0 radical (unpaired) electrons. The van der Waals surface area contributed by atoms with Crippen LogP contribution in [0.3, 0.4) is 0 Å². The van der Waals surface area contributed by atoms with Gasteiger partial charge in [-0.15, -0.1) is 0 Å². The largest absolute Gasteiger partial charge is 0.362 e. The van der Waals surface area contributed by atoms with Crippen LogP contribution in [0, 0.1) is 0 Å². The number of nitrogens with zero attached hydrogens (tertiary/aromatic N) is 1. The van der Waals surface area contributed by atoms with E-state index in [1.807, 2.05) is 12.1 Å². The summed E-state index contributed by atoms with van der Waals surface area (Å²) in [6.45, 7) is 4.09. The van der Waals surface area contributed by atoms with Gasteiger partial charge in [-0.1, -0.05) is 54.1 Å². The summed E-state index contributed by atoms with van der Waals surface area (Å²) < 4.78 is 0. The lowest BCUT2D eigenvalue weighted by molar-refractivity contribution is 0.199. The summed E-state index contributed by atoms with van der Waals surface area (Å²) in [5.41, 5.74) is 2.65. The number of hydrogen-bond acceptors (Lipinski definition) is 2. The van der Waals surface area contributed by atoms with Gasteiger partial charge in [-0.05, 0) is 54.7 Å². The van der Waals surface area contributed by atoms with E-state index in [1.54, 1.807) is 0 Å². The Morgan fingerprint density at radius 2 is 1.69 bits per heavy atom. The summed E-state index contributed by atoms with van der Waals surface area (Å²) in [5.74, 6) is 0. The van der Waals surface area contributed by atoms with E-state index in [4.69, 9.17) is 23.8 Å². The molecule has 26 heavy (non-hydrogen) atoms. The molecular formula is C21H26ClN3S. The number of likely N-dealkylation sites (tertiary alicyclic amines) is 1. The van der Waals surface area contributed by atoms with E-state index < -0.39 is 0 Å². The van der Waals surface area contributed by atoms with Crippen molar-refractivity contribution in [2.24, 2.45) is 0 Å². The normalized spacial score (nSPS) is 15.6. The summed E-state index contributed by atoms with van der Waals surface area (Å²) in [6.07, 6.45) is 3.20. The van der Waals surface area contributed by atoms with Gasteiger partial charge in [0.15, 0.2) is 5.11 Å². The first kappa shape index (κ1) is 19.2. The predicted molar refractivity (Wildman–Crippen MR) is 114 cm³/mol. The van der Waals surface area contributed by atoms with E-state index in [-0.39, 0.29) is 0 Å². The van der Waals surface area contributed by atoms with Crippen LogP contribution >= 0.6 is 23.8 Å². The second kappa shape index (κ2) is 9.91. The molecule has 0 bridgehead atoms. The van der Waals surface area contributed by atoms with E-state index in [0.29, 0.717) is 6.04 Å². The Hall–Kier alpha value is -1.62. The van der Waals surface area contributed by atoms with Crippen LogP contribution in [0.5, 0.6) is 0 Å². The molecular weight excluding hydrogens is 362 g/mol. The zero-order valence-corrected chi connectivity index (χ0v) is 16.5. The summed E-state index contributed by atoms with van der Waals surface area (Å²) in [5, 5.41) is 8.33. The molecule has 1 heterocycles. The van der Waals surface area contributed by atoms with Crippen molar-refractivity contribution in [2.75, 3.05) is 19.6 Å². The highest BCUT2D eigenvalue weighted by Crippen LogP contribution is 2.14. The molecule has 2 aromatic rings. The van der Waals surface area contributed by atoms with Gasteiger partial charge >= 0.3 is 0 Å². The molecule has 1 aliphatic rings. The van der Waals surface area contributed by atoms with E-state index in [9.17, 15) is 0 Å². The minimum Gasteiger partial charge on any atom is -0.362 e. The fourth-order valence-corrected chi connectivity index (χ4v) is 3.68. The second-order valence-electron chi connectivity index (χ2n) is 6.81. The van der Waals surface area contributed by atoms with Crippen molar-refractivity contribution < 1.29 is 0 Å². The molecule has 2 aromatic carbocycles. The minimum atomic E-state index is 0.470. The van der Waals surface area contributed by atoms with Crippen molar-refractivity contribution in [2.45, 2.75) is 31.8 Å². The van der Waals surface area contributed by atoms with Crippen molar-refractivity contribution in [3.8, 4) is 0 Å². The lowest BCUT2D eigenvalue weighted by Crippen LogP contribution is -2.47. The third-order valence-electron chi connectivity index (χ3n) is 4.78. The first-order valence-electron chi connectivity index (χ1n) is 9.24. The van der Waals surface area contributed by atoms with Crippen LogP contribution in [0.25, 0.3) is 0 Å². The molecule has 0 unspecified atom stereocenters. The number of halogens is 1. The molecule has 0 atom stereocenters. The van der Waals surface area contributed by atoms with Crippen LogP contribution in [0.2, 0.25) is 5.02 Å². The molecule has 5 heteroatoms. The van der Waals surface area contributed by atoms with Gasteiger partial charge in [-0.2, -0.15) is 0 Å². The fraction of sp³-hybridized carbons (Fsp3) is 0.381. The minimum absolute atomic E-state index is 0.470. The summed E-state index contributed by atoms with van der Waals surface area (Å²) in [7, 11) is 0. The molecule has 2 N–H and O–H groups in total. The number of rotatable bonds is 6. The van der Waals surface area contributed by atoms with Crippen molar-refractivity contribution in [3.05, 3.63) is 70.7 Å². The molecule has 0 aromatic heterocycles. The molecule has 0 amide bonds. The SMILES string of the molecule is S=C(NCCc1ccc(Cl)cc1)NC1CCN(Cc2ccccc2)CC1. The molecule has 1 saturated heterocycles. The van der Waals surface area contributed by atoms with Crippen LogP contribution < -0.4 is 10.6 Å². The highest BCUT2D eigenvalue weighted by Gasteiger charge is 2.19. The Balaban J connectivity index is 1.32. The highest BCUT2D eigenvalue weighted by atomic mass is 35.5. The van der Waals surface area contributed by atoms with Crippen molar-refractivity contribution >= 4 is 28.9 Å². The summed E-state index contributed by atoms with van der Waals surface area (Å²) >= 11 is 11.4. The molecule has 138 valence electrons. The van der Waals surface area contributed by atoms with Gasteiger partial charge in [0.05, 0.1) is 0 Å². The molecule has 0 aliphatic carbocycles. The van der Waals surface area contributed by atoms with Gasteiger partial charge in [-0.3, -0.25) is 4.90 Å². The Morgan fingerprint density at radius 3 is 2.38 bits per heavy atom. The number of thiocarbonyl (C=S) groups is 1. The van der Waals surface area contributed by atoms with Gasteiger partial charge in [0.25, 0.3) is 0 Å². The van der Waals surface area contributed by atoms with Crippen molar-refractivity contribution in [1.82, 2.24) is 15.5 Å².